The van der Waals surface area contributed by atoms with Crippen LogP contribution in [0.3, 0.4) is 0 Å². The lowest BCUT2D eigenvalue weighted by molar-refractivity contribution is -0.118. The topological polar surface area (TPSA) is 80.0 Å². The Kier molecular flexibility index (Phi) is 4.47. The fraction of sp³-hybridized carbons (Fsp3) is 0.357. The van der Waals surface area contributed by atoms with Crippen LogP contribution in [0.5, 0.6) is 0 Å². The number of carbonyl (C=O) groups excluding carboxylic acids is 1. The van der Waals surface area contributed by atoms with Gasteiger partial charge in [0.25, 0.3) is 0 Å². The van der Waals surface area contributed by atoms with E-state index in [4.69, 9.17) is 0 Å². The minimum Gasteiger partial charge on any atom is -0.392 e. The highest BCUT2D eigenvalue weighted by atomic mass is 16.3. The Labute approximate surface area is 117 Å². The molecular formula is C14H18N4O2. The van der Waals surface area contributed by atoms with Crippen molar-refractivity contribution < 1.29 is 9.90 Å². The molecule has 0 saturated carbocycles. The number of carbonyl (C=O) groups is 1. The van der Waals surface area contributed by atoms with E-state index in [1.807, 2.05) is 26.0 Å². The van der Waals surface area contributed by atoms with Crippen LogP contribution in [-0.2, 0) is 4.79 Å². The summed E-state index contributed by atoms with van der Waals surface area (Å²) in [6, 6.07) is 7.28. The zero-order chi connectivity index (χ0) is 14.5. The molecule has 2 aromatic rings. The summed E-state index contributed by atoms with van der Waals surface area (Å²) < 4.78 is 1.61. The van der Waals surface area contributed by atoms with Crippen LogP contribution in [0.1, 0.15) is 20.3 Å². The SMILES string of the molecule is CC(C)C(O)CC(=O)Nc1cccc(-n2ccnn2)c1. The maximum Gasteiger partial charge on any atom is 0.226 e. The molecule has 0 bridgehead atoms. The van der Waals surface area contributed by atoms with Crippen molar-refractivity contribution in [1.82, 2.24) is 15.0 Å². The van der Waals surface area contributed by atoms with Crippen molar-refractivity contribution in [2.24, 2.45) is 5.92 Å². The summed E-state index contributed by atoms with van der Waals surface area (Å²) in [5, 5.41) is 20.1. The number of hydrogen-bond donors (Lipinski definition) is 2. The van der Waals surface area contributed by atoms with Crippen LogP contribution < -0.4 is 5.32 Å². The quantitative estimate of drug-likeness (QED) is 0.868. The van der Waals surface area contributed by atoms with Gasteiger partial charge in [0, 0.05) is 5.69 Å². The first kappa shape index (κ1) is 14.2. The predicted octanol–water partition coefficient (Wildman–Crippen LogP) is 1.61. The van der Waals surface area contributed by atoms with Gasteiger partial charge in [-0.1, -0.05) is 25.1 Å². The van der Waals surface area contributed by atoms with Gasteiger partial charge in [-0.25, -0.2) is 4.68 Å². The van der Waals surface area contributed by atoms with E-state index in [2.05, 4.69) is 15.6 Å². The number of benzene rings is 1. The molecule has 0 spiro atoms. The lowest BCUT2D eigenvalue weighted by Crippen LogP contribution is -2.23. The Balaban J connectivity index is 2.03. The highest BCUT2D eigenvalue weighted by molar-refractivity contribution is 5.91. The van der Waals surface area contributed by atoms with Gasteiger partial charge in [-0.2, -0.15) is 0 Å². The highest BCUT2D eigenvalue weighted by Crippen LogP contribution is 2.14. The van der Waals surface area contributed by atoms with Crippen molar-refractivity contribution in [2.75, 3.05) is 5.32 Å². The lowest BCUT2D eigenvalue weighted by Gasteiger charge is -2.14. The number of hydrogen-bond acceptors (Lipinski definition) is 4. The molecule has 1 unspecified atom stereocenters. The van der Waals surface area contributed by atoms with E-state index in [1.54, 1.807) is 29.2 Å². The van der Waals surface area contributed by atoms with E-state index in [0.29, 0.717) is 5.69 Å². The number of aliphatic hydroxyl groups excluding tert-OH is 1. The zero-order valence-corrected chi connectivity index (χ0v) is 11.5. The molecule has 1 aromatic carbocycles. The number of nitrogens with zero attached hydrogens (tertiary/aromatic N) is 3. The molecule has 0 aliphatic carbocycles. The first-order valence-electron chi connectivity index (χ1n) is 6.51. The maximum atomic E-state index is 11.8. The molecule has 6 heteroatoms. The highest BCUT2D eigenvalue weighted by Gasteiger charge is 2.14. The number of aliphatic hydroxyl groups is 1. The Hall–Kier alpha value is -2.21. The van der Waals surface area contributed by atoms with Gasteiger partial charge in [0.1, 0.15) is 0 Å². The largest absolute Gasteiger partial charge is 0.392 e. The minimum absolute atomic E-state index is 0.0576. The van der Waals surface area contributed by atoms with E-state index >= 15 is 0 Å². The normalized spacial score (nSPS) is 12.4. The van der Waals surface area contributed by atoms with Crippen LogP contribution in [0.2, 0.25) is 0 Å². The second-order valence-electron chi connectivity index (χ2n) is 4.96. The van der Waals surface area contributed by atoms with Gasteiger partial charge in [0.05, 0.1) is 30.6 Å². The van der Waals surface area contributed by atoms with Gasteiger partial charge in [0.2, 0.25) is 5.91 Å². The fourth-order valence-electron chi connectivity index (χ4n) is 1.71. The van der Waals surface area contributed by atoms with Crippen LogP contribution in [0, 0.1) is 5.92 Å². The van der Waals surface area contributed by atoms with Crippen molar-refractivity contribution in [3.8, 4) is 5.69 Å². The second-order valence-corrected chi connectivity index (χ2v) is 4.96. The Morgan fingerprint density at radius 3 is 2.90 bits per heavy atom. The van der Waals surface area contributed by atoms with Gasteiger partial charge in [-0.05, 0) is 24.1 Å². The van der Waals surface area contributed by atoms with Gasteiger partial charge < -0.3 is 10.4 Å². The summed E-state index contributed by atoms with van der Waals surface area (Å²) in [6.45, 7) is 3.76. The molecule has 0 saturated heterocycles. The van der Waals surface area contributed by atoms with Crippen LogP contribution in [-0.4, -0.2) is 32.1 Å². The molecule has 1 amide bonds. The van der Waals surface area contributed by atoms with Gasteiger partial charge in [-0.3, -0.25) is 4.79 Å². The number of aromatic nitrogens is 3. The molecule has 1 aromatic heterocycles. The predicted molar refractivity (Wildman–Crippen MR) is 75.5 cm³/mol. The number of anilines is 1. The third-order valence-electron chi connectivity index (χ3n) is 2.98. The summed E-state index contributed by atoms with van der Waals surface area (Å²) >= 11 is 0. The third kappa shape index (κ3) is 3.64. The maximum absolute atomic E-state index is 11.8. The summed E-state index contributed by atoms with van der Waals surface area (Å²) in [5.74, 6) is -0.149. The minimum atomic E-state index is -0.631. The van der Waals surface area contributed by atoms with Gasteiger partial charge in [0.15, 0.2) is 0 Å². The van der Waals surface area contributed by atoms with E-state index in [1.165, 1.54) is 0 Å². The number of amides is 1. The lowest BCUT2D eigenvalue weighted by atomic mass is 10.0. The Morgan fingerprint density at radius 1 is 1.45 bits per heavy atom. The van der Waals surface area contributed by atoms with E-state index in [-0.39, 0.29) is 18.2 Å². The van der Waals surface area contributed by atoms with Crippen molar-refractivity contribution in [1.29, 1.82) is 0 Å². The molecular weight excluding hydrogens is 256 g/mol. The molecule has 0 radical (unpaired) electrons. The Morgan fingerprint density at radius 2 is 2.25 bits per heavy atom. The van der Waals surface area contributed by atoms with Crippen LogP contribution in [0.4, 0.5) is 5.69 Å². The van der Waals surface area contributed by atoms with Crippen molar-refractivity contribution in [3.05, 3.63) is 36.7 Å². The second kappa shape index (κ2) is 6.29. The number of nitrogens with one attached hydrogen (secondary N) is 1. The number of rotatable bonds is 5. The standard InChI is InChI=1S/C14H18N4O2/c1-10(2)13(19)9-14(20)16-11-4-3-5-12(8-11)18-7-6-15-17-18/h3-8,10,13,19H,9H2,1-2H3,(H,16,20). The van der Waals surface area contributed by atoms with Crippen molar-refractivity contribution in [3.63, 3.8) is 0 Å². The first-order chi connectivity index (χ1) is 9.56. The van der Waals surface area contributed by atoms with Gasteiger partial charge in [-0.15, -0.1) is 5.10 Å². The molecule has 6 nitrogen and oxygen atoms in total. The first-order valence-corrected chi connectivity index (χ1v) is 6.51. The van der Waals surface area contributed by atoms with Crippen molar-refractivity contribution in [2.45, 2.75) is 26.4 Å². The molecule has 2 rings (SSSR count). The molecule has 106 valence electrons. The summed E-state index contributed by atoms with van der Waals surface area (Å²) in [6.07, 6.45) is 2.77. The average molecular weight is 274 g/mol. The molecule has 20 heavy (non-hydrogen) atoms. The molecule has 0 fully saturated rings. The smallest absolute Gasteiger partial charge is 0.226 e. The molecule has 1 atom stereocenters. The average Bonchev–Trinajstić information content (AvgIpc) is 2.92. The zero-order valence-electron chi connectivity index (χ0n) is 11.5. The fourth-order valence-corrected chi connectivity index (χ4v) is 1.71. The third-order valence-corrected chi connectivity index (χ3v) is 2.98. The summed E-state index contributed by atoms with van der Waals surface area (Å²) in [4.78, 5) is 11.8. The molecule has 0 aliphatic rings. The van der Waals surface area contributed by atoms with E-state index < -0.39 is 6.10 Å². The van der Waals surface area contributed by atoms with Crippen LogP contribution >= 0.6 is 0 Å². The van der Waals surface area contributed by atoms with Crippen LogP contribution in [0.15, 0.2) is 36.7 Å². The van der Waals surface area contributed by atoms with E-state index in [0.717, 1.165) is 5.69 Å². The molecule has 2 N–H and O–H groups in total. The van der Waals surface area contributed by atoms with Crippen molar-refractivity contribution >= 4 is 11.6 Å². The Bertz CT molecular complexity index is 566. The van der Waals surface area contributed by atoms with Gasteiger partial charge >= 0.3 is 0 Å². The summed E-state index contributed by atoms with van der Waals surface area (Å²) in [7, 11) is 0. The summed E-state index contributed by atoms with van der Waals surface area (Å²) in [5.41, 5.74) is 1.48. The molecule has 1 heterocycles. The monoisotopic (exact) mass is 274 g/mol. The molecule has 0 aliphatic heterocycles. The van der Waals surface area contributed by atoms with Crippen LogP contribution in [0.25, 0.3) is 5.69 Å². The van der Waals surface area contributed by atoms with E-state index in [9.17, 15) is 9.90 Å².